The fraction of sp³-hybridized carbons (Fsp3) is 1.00. The van der Waals surface area contributed by atoms with E-state index in [0.29, 0.717) is 36.0 Å². The van der Waals surface area contributed by atoms with Gasteiger partial charge in [-0.15, -0.1) is 0 Å². The van der Waals surface area contributed by atoms with Crippen molar-refractivity contribution >= 4 is 0 Å². The third kappa shape index (κ3) is 0.758. The van der Waals surface area contributed by atoms with Crippen molar-refractivity contribution in [1.29, 1.82) is 0 Å². The highest BCUT2D eigenvalue weighted by Crippen LogP contribution is 2.50. The van der Waals surface area contributed by atoms with E-state index in [4.69, 9.17) is 0 Å². The molecule has 6 atom stereocenters. The lowest BCUT2D eigenvalue weighted by Crippen LogP contribution is -2.32. The molecule has 4 aliphatic rings. The highest BCUT2D eigenvalue weighted by molar-refractivity contribution is 5.09. The van der Waals surface area contributed by atoms with Crippen LogP contribution in [0.3, 0.4) is 0 Å². The van der Waals surface area contributed by atoms with Gasteiger partial charge in [-0.25, -0.2) is 0 Å². The van der Waals surface area contributed by atoms with Crippen LogP contribution < -0.4 is 0 Å². The first-order valence-corrected chi connectivity index (χ1v) is 5.73. The van der Waals surface area contributed by atoms with Crippen LogP contribution in [-0.4, -0.2) is 24.2 Å². The van der Waals surface area contributed by atoms with Crippen molar-refractivity contribution in [3.8, 4) is 0 Å². The Bertz CT molecular complexity index is 264. The van der Waals surface area contributed by atoms with Crippen LogP contribution in [0.25, 0.3) is 0 Å². The fourth-order valence-corrected chi connectivity index (χ4v) is 3.87. The summed E-state index contributed by atoms with van der Waals surface area (Å²) in [6.07, 6.45) is 5.03. The summed E-state index contributed by atoms with van der Waals surface area (Å²) in [7, 11) is 0. The zero-order valence-electron chi connectivity index (χ0n) is 8.08. The molecular weight excluding hydrogens is 176 g/mol. The standard InChI is InChI=1S/C10H14N4/c1-2-6-9(5(1)11-12-6)10-7-3-4-8(10)14-13-7/h5-10H,1-4H2/t5-,6+,7-,8+,9?,10?. The van der Waals surface area contributed by atoms with E-state index in [-0.39, 0.29) is 0 Å². The third-order valence-corrected chi connectivity index (χ3v) is 4.46. The molecule has 2 heterocycles. The Hall–Kier alpha value is -0.800. The van der Waals surface area contributed by atoms with Crippen molar-refractivity contribution in [2.24, 2.45) is 32.3 Å². The first-order chi connectivity index (χ1) is 6.93. The molecule has 4 heteroatoms. The minimum Gasteiger partial charge on any atom is -0.190 e. The molecule has 0 aromatic carbocycles. The molecule has 4 rings (SSSR count). The first kappa shape index (κ1) is 7.49. The van der Waals surface area contributed by atoms with Crippen LogP contribution in [0.2, 0.25) is 0 Å². The van der Waals surface area contributed by atoms with Crippen molar-refractivity contribution in [3.05, 3.63) is 0 Å². The van der Waals surface area contributed by atoms with E-state index in [0.717, 1.165) is 0 Å². The lowest BCUT2D eigenvalue weighted by atomic mass is 9.82. The molecule has 14 heavy (non-hydrogen) atoms. The Morgan fingerprint density at radius 3 is 1.00 bits per heavy atom. The average Bonchev–Trinajstić information content (AvgIpc) is 2.92. The third-order valence-electron chi connectivity index (χ3n) is 4.46. The number of hydrogen-bond acceptors (Lipinski definition) is 4. The predicted molar refractivity (Wildman–Crippen MR) is 50.3 cm³/mol. The highest BCUT2D eigenvalue weighted by atomic mass is 15.3. The molecule has 0 amide bonds. The Balaban J connectivity index is 1.66. The van der Waals surface area contributed by atoms with Gasteiger partial charge in [0, 0.05) is 11.8 Å². The van der Waals surface area contributed by atoms with E-state index in [1.54, 1.807) is 0 Å². The highest BCUT2D eigenvalue weighted by Gasteiger charge is 2.54. The van der Waals surface area contributed by atoms with E-state index in [2.05, 4.69) is 20.5 Å². The quantitative estimate of drug-likeness (QED) is 0.608. The molecule has 2 fully saturated rings. The number of nitrogens with zero attached hydrogens (tertiary/aromatic N) is 4. The van der Waals surface area contributed by atoms with Gasteiger partial charge in [-0.3, -0.25) is 0 Å². The molecule has 4 nitrogen and oxygen atoms in total. The second-order valence-electron chi connectivity index (χ2n) is 5.04. The lowest BCUT2D eigenvalue weighted by Gasteiger charge is -2.22. The molecule has 2 unspecified atom stereocenters. The monoisotopic (exact) mass is 190 g/mol. The summed E-state index contributed by atoms with van der Waals surface area (Å²) in [4.78, 5) is 0. The topological polar surface area (TPSA) is 49.4 Å². The summed E-state index contributed by atoms with van der Waals surface area (Å²) >= 11 is 0. The van der Waals surface area contributed by atoms with Crippen LogP contribution in [0, 0.1) is 11.8 Å². The van der Waals surface area contributed by atoms with Gasteiger partial charge in [-0.1, -0.05) is 0 Å². The summed E-state index contributed by atoms with van der Waals surface area (Å²) < 4.78 is 0. The molecule has 2 aliphatic heterocycles. The van der Waals surface area contributed by atoms with Gasteiger partial charge in [0.2, 0.25) is 0 Å². The molecule has 0 spiro atoms. The Labute approximate surface area is 82.9 Å². The second-order valence-corrected chi connectivity index (χ2v) is 5.04. The van der Waals surface area contributed by atoms with Crippen LogP contribution in [-0.2, 0) is 0 Å². The van der Waals surface area contributed by atoms with Crippen LogP contribution >= 0.6 is 0 Å². The number of rotatable bonds is 1. The van der Waals surface area contributed by atoms with Gasteiger partial charge in [-0.05, 0) is 25.7 Å². The Morgan fingerprint density at radius 2 is 0.786 bits per heavy atom. The van der Waals surface area contributed by atoms with Crippen molar-refractivity contribution in [2.45, 2.75) is 49.9 Å². The number of azo groups is 2. The summed E-state index contributed by atoms with van der Waals surface area (Å²) in [6.45, 7) is 0. The minimum atomic E-state index is 0.525. The van der Waals surface area contributed by atoms with Crippen molar-refractivity contribution in [1.82, 2.24) is 0 Å². The molecule has 74 valence electrons. The fourth-order valence-electron chi connectivity index (χ4n) is 3.87. The molecule has 0 N–H and O–H groups in total. The normalized spacial score (nSPS) is 57.7. The van der Waals surface area contributed by atoms with Crippen molar-refractivity contribution < 1.29 is 0 Å². The largest absolute Gasteiger partial charge is 0.190 e. The number of hydrogen-bond donors (Lipinski definition) is 0. The number of fused-ring (bicyclic) bond motifs is 5. The zero-order valence-corrected chi connectivity index (χ0v) is 8.08. The smallest absolute Gasteiger partial charge is 0.0762 e. The van der Waals surface area contributed by atoms with Gasteiger partial charge in [0.1, 0.15) is 0 Å². The molecule has 0 saturated heterocycles. The van der Waals surface area contributed by atoms with Gasteiger partial charge in [0.05, 0.1) is 24.2 Å². The second kappa shape index (κ2) is 2.41. The maximum atomic E-state index is 4.37. The summed E-state index contributed by atoms with van der Waals surface area (Å²) in [5.41, 5.74) is 0. The first-order valence-electron chi connectivity index (χ1n) is 5.73. The SMILES string of the molecule is C1C[C@H]2N=N[C@@H]1C2C1[C@@H]2CC[C@H]1N=N2. The van der Waals surface area contributed by atoms with Crippen LogP contribution in [0.15, 0.2) is 20.5 Å². The van der Waals surface area contributed by atoms with Gasteiger partial charge >= 0.3 is 0 Å². The van der Waals surface area contributed by atoms with Crippen molar-refractivity contribution in [2.75, 3.05) is 0 Å². The Kier molecular flexibility index (Phi) is 1.29. The molecule has 4 bridgehead atoms. The molecular formula is C10H14N4. The average molecular weight is 190 g/mol. The summed E-state index contributed by atoms with van der Waals surface area (Å²) in [5.74, 6) is 1.39. The van der Waals surface area contributed by atoms with Crippen molar-refractivity contribution in [3.63, 3.8) is 0 Å². The lowest BCUT2D eigenvalue weighted by molar-refractivity contribution is 0.302. The molecule has 2 saturated carbocycles. The van der Waals surface area contributed by atoms with E-state index < -0.39 is 0 Å². The van der Waals surface area contributed by atoms with E-state index >= 15 is 0 Å². The maximum Gasteiger partial charge on any atom is 0.0762 e. The van der Waals surface area contributed by atoms with E-state index in [1.807, 2.05) is 0 Å². The zero-order chi connectivity index (χ0) is 9.12. The molecule has 2 aliphatic carbocycles. The molecule has 0 aromatic heterocycles. The van der Waals surface area contributed by atoms with Crippen LogP contribution in [0.4, 0.5) is 0 Å². The maximum absolute atomic E-state index is 4.37. The Morgan fingerprint density at radius 1 is 0.500 bits per heavy atom. The molecule has 0 aromatic rings. The van der Waals surface area contributed by atoms with E-state index in [9.17, 15) is 0 Å². The summed E-state index contributed by atoms with van der Waals surface area (Å²) in [5, 5.41) is 17.5. The van der Waals surface area contributed by atoms with Crippen LogP contribution in [0.5, 0.6) is 0 Å². The van der Waals surface area contributed by atoms with Gasteiger partial charge in [0.25, 0.3) is 0 Å². The summed E-state index contributed by atoms with van der Waals surface area (Å²) in [6, 6.07) is 2.10. The van der Waals surface area contributed by atoms with Gasteiger partial charge in [0.15, 0.2) is 0 Å². The van der Waals surface area contributed by atoms with Crippen LogP contribution in [0.1, 0.15) is 25.7 Å². The predicted octanol–water partition coefficient (Wildman–Crippen LogP) is 2.21. The van der Waals surface area contributed by atoms with E-state index in [1.165, 1.54) is 25.7 Å². The van der Waals surface area contributed by atoms with Gasteiger partial charge in [-0.2, -0.15) is 20.5 Å². The minimum absolute atomic E-state index is 0.525. The van der Waals surface area contributed by atoms with Gasteiger partial charge < -0.3 is 0 Å². The molecule has 0 radical (unpaired) electrons.